The SMILES string of the molecule is C=CC(=O)Cl.C=CC(=O)Nc1cccc(Cl)c1CCC(=O)OC(C)(C)C.CC(C)(C)OC(=O)CCc1c(N)cccc1Cl. The van der Waals surface area contributed by atoms with Crippen molar-refractivity contribution in [2.75, 3.05) is 11.1 Å². The molecular formula is C32H41Cl3N2O6. The van der Waals surface area contributed by atoms with Crippen molar-refractivity contribution < 1.29 is 28.7 Å². The quantitative estimate of drug-likeness (QED) is 0.122. The number of ether oxygens (including phenoxy) is 2. The molecule has 0 saturated heterocycles. The molecule has 2 aromatic rings. The lowest BCUT2D eigenvalue weighted by atomic mass is 10.1. The molecule has 0 aliphatic heterocycles. The number of nitrogen functional groups attached to an aromatic ring is 1. The van der Waals surface area contributed by atoms with Crippen LogP contribution in [0.4, 0.5) is 11.4 Å². The molecule has 8 nitrogen and oxygen atoms in total. The Balaban J connectivity index is 0.000000720. The minimum absolute atomic E-state index is 0.192. The van der Waals surface area contributed by atoms with E-state index >= 15 is 0 Å². The van der Waals surface area contributed by atoms with Crippen LogP contribution in [-0.4, -0.2) is 34.3 Å². The van der Waals surface area contributed by atoms with Crippen LogP contribution in [0.1, 0.15) is 65.5 Å². The van der Waals surface area contributed by atoms with Crippen LogP contribution in [0, 0.1) is 0 Å². The summed E-state index contributed by atoms with van der Waals surface area (Å²) < 4.78 is 10.5. The van der Waals surface area contributed by atoms with E-state index < -0.39 is 16.4 Å². The molecule has 3 N–H and O–H groups in total. The Morgan fingerprint density at radius 3 is 1.60 bits per heavy atom. The molecule has 1 amide bonds. The molecule has 0 saturated carbocycles. The number of hydrogen-bond donors (Lipinski definition) is 2. The maximum absolute atomic E-state index is 11.8. The zero-order chi connectivity index (χ0) is 33.4. The van der Waals surface area contributed by atoms with E-state index in [1.165, 1.54) is 6.08 Å². The van der Waals surface area contributed by atoms with Gasteiger partial charge in [0.1, 0.15) is 11.2 Å². The second-order valence-electron chi connectivity index (χ2n) is 10.9. The van der Waals surface area contributed by atoms with Gasteiger partial charge in [0, 0.05) is 34.3 Å². The Morgan fingerprint density at radius 1 is 0.791 bits per heavy atom. The van der Waals surface area contributed by atoms with E-state index in [9.17, 15) is 19.2 Å². The Morgan fingerprint density at radius 2 is 1.21 bits per heavy atom. The number of allylic oxidation sites excluding steroid dienone is 1. The van der Waals surface area contributed by atoms with Gasteiger partial charge in [-0.15, -0.1) is 0 Å². The number of carbonyl (C=O) groups is 4. The first kappa shape index (κ1) is 39.7. The third-order valence-electron chi connectivity index (χ3n) is 4.88. The molecule has 0 spiro atoms. The molecule has 0 bridgehead atoms. The van der Waals surface area contributed by atoms with E-state index in [0.717, 1.165) is 11.6 Å². The highest BCUT2D eigenvalue weighted by atomic mass is 35.5. The van der Waals surface area contributed by atoms with E-state index in [1.807, 2.05) is 41.5 Å². The van der Waals surface area contributed by atoms with Crippen molar-refractivity contribution in [2.24, 2.45) is 0 Å². The maximum Gasteiger partial charge on any atom is 0.306 e. The molecule has 11 heteroatoms. The Bertz CT molecular complexity index is 1260. The molecule has 0 radical (unpaired) electrons. The molecule has 0 fully saturated rings. The summed E-state index contributed by atoms with van der Waals surface area (Å²) in [5.74, 6) is -0.865. The van der Waals surface area contributed by atoms with Crippen molar-refractivity contribution in [1.82, 2.24) is 0 Å². The van der Waals surface area contributed by atoms with Gasteiger partial charge in [0.05, 0.1) is 0 Å². The minimum Gasteiger partial charge on any atom is -0.460 e. The molecular weight excluding hydrogens is 615 g/mol. The molecule has 0 aromatic heterocycles. The Kier molecular flexibility index (Phi) is 17.6. The van der Waals surface area contributed by atoms with Crippen LogP contribution >= 0.6 is 34.8 Å². The fourth-order valence-corrected chi connectivity index (χ4v) is 3.74. The third-order valence-corrected chi connectivity index (χ3v) is 5.74. The van der Waals surface area contributed by atoms with Crippen LogP contribution in [0.3, 0.4) is 0 Å². The highest BCUT2D eigenvalue weighted by molar-refractivity contribution is 6.66. The second-order valence-corrected chi connectivity index (χ2v) is 12.1. The summed E-state index contributed by atoms with van der Waals surface area (Å²) in [5.41, 5.74) is 7.53. The average Bonchev–Trinajstić information content (AvgIpc) is 2.86. The molecule has 236 valence electrons. The van der Waals surface area contributed by atoms with Gasteiger partial charge >= 0.3 is 11.9 Å². The van der Waals surface area contributed by atoms with Gasteiger partial charge in [-0.1, -0.05) is 48.5 Å². The number of amides is 1. The van der Waals surface area contributed by atoms with E-state index in [2.05, 4.69) is 18.5 Å². The van der Waals surface area contributed by atoms with Gasteiger partial charge in [0.2, 0.25) is 11.1 Å². The summed E-state index contributed by atoms with van der Waals surface area (Å²) in [5, 5.41) is 3.26. The van der Waals surface area contributed by atoms with Gasteiger partial charge in [-0.05, 0) is 114 Å². The van der Waals surface area contributed by atoms with E-state index in [-0.39, 0.29) is 30.7 Å². The van der Waals surface area contributed by atoms with E-state index in [1.54, 1.807) is 36.4 Å². The smallest absolute Gasteiger partial charge is 0.306 e. The molecule has 0 atom stereocenters. The minimum atomic E-state index is -0.516. The monoisotopic (exact) mass is 654 g/mol. The summed E-state index contributed by atoms with van der Waals surface area (Å²) in [6.07, 6.45) is 3.59. The molecule has 0 aliphatic rings. The van der Waals surface area contributed by atoms with Crippen LogP contribution < -0.4 is 11.1 Å². The summed E-state index contributed by atoms with van der Waals surface area (Å²) in [6, 6.07) is 10.5. The van der Waals surface area contributed by atoms with Gasteiger partial charge < -0.3 is 20.5 Å². The molecule has 43 heavy (non-hydrogen) atoms. The van der Waals surface area contributed by atoms with Gasteiger partial charge in [-0.2, -0.15) is 0 Å². The second kappa shape index (κ2) is 19.1. The van der Waals surface area contributed by atoms with Crippen molar-refractivity contribution in [3.8, 4) is 0 Å². The summed E-state index contributed by atoms with van der Waals surface area (Å²) in [7, 11) is 0. The predicted molar refractivity (Wildman–Crippen MR) is 176 cm³/mol. The number of anilines is 2. The van der Waals surface area contributed by atoms with E-state index in [4.69, 9.17) is 50.0 Å². The van der Waals surface area contributed by atoms with Gasteiger partial charge in [0.15, 0.2) is 0 Å². The van der Waals surface area contributed by atoms with Crippen molar-refractivity contribution in [3.63, 3.8) is 0 Å². The molecule has 0 heterocycles. The molecule has 0 unspecified atom stereocenters. The number of carbonyl (C=O) groups excluding carboxylic acids is 4. The van der Waals surface area contributed by atoms with Crippen molar-refractivity contribution in [3.05, 3.63) is 82.9 Å². The number of nitrogens with two attached hydrogens (primary N) is 1. The van der Waals surface area contributed by atoms with Crippen molar-refractivity contribution >= 4 is 69.3 Å². The van der Waals surface area contributed by atoms with Crippen LogP contribution in [-0.2, 0) is 41.5 Å². The molecule has 0 aliphatic carbocycles. The number of benzene rings is 2. The standard InChI is InChI=1S/C16H20ClNO3.C13H18ClNO2.C3H3ClO/c1-5-14(19)18-13-8-6-7-12(17)11(13)9-10-15(20)21-16(2,3)4;1-13(2,3)17-12(16)8-7-9-10(14)5-4-6-11(9)15;1-2-3(4)5/h5-8H,1,9-10H2,2-4H3,(H,18,19);4-6H,7-8,15H2,1-3H3;2H,1H2. The zero-order valence-corrected chi connectivity index (χ0v) is 27.8. The van der Waals surface area contributed by atoms with Crippen molar-refractivity contribution in [1.29, 1.82) is 0 Å². The first-order chi connectivity index (χ1) is 19.8. The van der Waals surface area contributed by atoms with Gasteiger partial charge in [-0.3, -0.25) is 19.2 Å². The lowest BCUT2D eigenvalue weighted by molar-refractivity contribution is -0.155. The van der Waals surface area contributed by atoms with Crippen molar-refractivity contribution in [2.45, 2.75) is 78.4 Å². The number of rotatable bonds is 9. The number of esters is 2. The lowest BCUT2D eigenvalue weighted by Crippen LogP contribution is -2.24. The maximum atomic E-state index is 11.8. The number of nitrogens with one attached hydrogen (secondary N) is 1. The Labute approximate surface area is 269 Å². The van der Waals surface area contributed by atoms with E-state index in [0.29, 0.717) is 39.8 Å². The fourth-order valence-electron chi connectivity index (χ4n) is 3.19. The van der Waals surface area contributed by atoms with Crippen LogP contribution in [0.2, 0.25) is 10.0 Å². The van der Waals surface area contributed by atoms with Crippen LogP contribution in [0.15, 0.2) is 61.7 Å². The first-order valence-corrected chi connectivity index (χ1v) is 14.4. The summed E-state index contributed by atoms with van der Waals surface area (Å²) in [6.45, 7) is 17.5. The normalized spacial score (nSPS) is 10.5. The number of halogens is 3. The predicted octanol–water partition coefficient (Wildman–Crippen LogP) is 7.87. The first-order valence-electron chi connectivity index (χ1n) is 13.3. The molecule has 2 rings (SSSR count). The largest absolute Gasteiger partial charge is 0.460 e. The van der Waals surface area contributed by atoms with Gasteiger partial charge in [-0.25, -0.2) is 0 Å². The third kappa shape index (κ3) is 18.7. The average molecular weight is 656 g/mol. The van der Waals surface area contributed by atoms with Gasteiger partial charge in [0.25, 0.3) is 0 Å². The summed E-state index contributed by atoms with van der Waals surface area (Å²) >= 11 is 16.9. The highest BCUT2D eigenvalue weighted by Gasteiger charge is 2.18. The fraction of sp³-hybridized carbons (Fsp3) is 0.375. The zero-order valence-electron chi connectivity index (χ0n) is 25.5. The lowest BCUT2D eigenvalue weighted by Gasteiger charge is -2.19. The highest BCUT2D eigenvalue weighted by Crippen LogP contribution is 2.27. The van der Waals surface area contributed by atoms with Crippen LogP contribution in [0.25, 0.3) is 0 Å². The Hall–Kier alpha value is -3.33. The topological polar surface area (TPSA) is 125 Å². The summed E-state index contributed by atoms with van der Waals surface area (Å²) in [4.78, 5) is 44.2. The molecule has 2 aromatic carbocycles. The van der Waals surface area contributed by atoms with Crippen LogP contribution in [0.5, 0.6) is 0 Å². The number of hydrogen-bond acceptors (Lipinski definition) is 7.